The van der Waals surface area contributed by atoms with Crippen LogP contribution in [0.15, 0.2) is 0 Å². The van der Waals surface area contributed by atoms with E-state index in [-0.39, 0.29) is 130 Å². The molecule has 0 fully saturated rings. The molecule has 7 heteroatoms. The molecule has 0 amide bonds. The van der Waals surface area contributed by atoms with Gasteiger partial charge in [0.1, 0.15) is 0 Å². The normalized spacial score (nSPS) is 3.00. The van der Waals surface area contributed by atoms with Gasteiger partial charge in [-0.15, -0.1) is 24.0 Å². The number of halogens is 1. The van der Waals surface area contributed by atoms with E-state index in [1.165, 1.54) is 0 Å². The van der Waals surface area contributed by atoms with Crippen molar-refractivity contribution in [3.8, 4) is 0 Å². The molecule has 0 aliphatic heterocycles. The van der Waals surface area contributed by atoms with Crippen LogP contribution in [0.1, 0.15) is 0 Å². The SMILES string of the molecule is I.O=C(O)O.[CaH2].[Fe].[KH]. The van der Waals surface area contributed by atoms with Crippen molar-refractivity contribution in [3.05, 3.63) is 0 Å². The molecule has 2 N–H and O–H groups in total. The topological polar surface area (TPSA) is 57.5 Å². The summed E-state index contributed by atoms with van der Waals surface area (Å²) < 4.78 is 0. The molecule has 8 heavy (non-hydrogen) atoms. The van der Waals surface area contributed by atoms with Gasteiger partial charge in [0.15, 0.2) is 0 Å². The molecule has 0 heterocycles. The Morgan fingerprint density at radius 3 is 1.25 bits per heavy atom. The van der Waals surface area contributed by atoms with Crippen LogP contribution in [0.5, 0.6) is 0 Å². The first-order valence-corrected chi connectivity index (χ1v) is 0.651. The van der Waals surface area contributed by atoms with Crippen LogP contribution in [0.25, 0.3) is 0 Å². The Morgan fingerprint density at radius 1 is 1.25 bits per heavy atom. The van der Waals surface area contributed by atoms with Gasteiger partial charge < -0.3 is 10.2 Å². The van der Waals surface area contributed by atoms with E-state index in [0.29, 0.717) is 0 Å². The molecule has 0 aliphatic rings. The Hall–Kier alpha value is 3.42. The maximum atomic E-state index is 8.56. The number of carbonyl (C=O) groups is 1. The fourth-order valence-corrected chi connectivity index (χ4v) is 0. The van der Waals surface area contributed by atoms with Gasteiger partial charge in [0.25, 0.3) is 0 Å². The molecule has 0 bridgehead atoms. The minimum absolute atomic E-state index is 0. The van der Waals surface area contributed by atoms with Crippen molar-refractivity contribution < 1.29 is 32.1 Å². The first kappa shape index (κ1) is 30.1. The predicted molar refractivity (Wildman–Crippen MR) is 41.8 cm³/mol. The van der Waals surface area contributed by atoms with E-state index in [1.54, 1.807) is 0 Å². The Morgan fingerprint density at radius 2 is 1.25 bits per heavy atom. The Bertz CT molecular complexity index is 42.3. The summed E-state index contributed by atoms with van der Waals surface area (Å²) in [6, 6.07) is 0. The molecule has 0 aromatic carbocycles. The zero-order valence-electron chi connectivity index (χ0n) is 2.56. The van der Waals surface area contributed by atoms with Crippen LogP contribution in [0, 0.1) is 0 Å². The van der Waals surface area contributed by atoms with Crippen molar-refractivity contribution in [1.29, 1.82) is 0 Å². The van der Waals surface area contributed by atoms with Gasteiger partial charge in [-0.25, -0.2) is 4.79 Å². The van der Waals surface area contributed by atoms with Crippen molar-refractivity contribution in [2.75, 3.05) is 0 Å². The summed E-state index contributed by atoms with van der Waals surface area (Å²) in [6.07, 6.45) is -1.83. The number of hydrogen-bond acceptors (Lipinski definition) is 1. The molecule has 0 aliphatic carbocycles. The van der Waals surface area contributed by atoms with E-state index in [0.717, 1.165) is 0 Å². The van der Waals surface area contributed by atoms with Crippen molar-refractivity contribution in [1.82, 2.24) is 0 Å². The van der Waals surface area contributed by atoms with Crippen LogP contribution in [0.2, 0.25) is 0 Å². The fourth-order valence-electron chi connectivity index (χ4n) is 0. The average molecular weight is 328 g/mol. The minimum atomic E-state index is -1.83. The third kappa shape index (κ3) is 57.2. The first-order chi connectivity index (χ1) is 1.73. The van der Waals surface area contributed by atoms with Gasteiger partial charge in [0, 0.05) is 17.1 Å². The first-order valence-electron chi connectivity index (χ1n) is 0.651. The van der Waals surface area contributed by atoms with Gasteiger partial charge in [0.05, 0.1) is 0 Å². The zero-order valence-corrected chi connectivity index (χ0v) is 6.00. The van der Waals surface area contributed by atoms with E-state index in [1.807, 2.05) is 0 Å². The van der Waals surface area contributed by atoms with E-state index in [4.69, 9.17) is 15.0 Å². The Kier molecular flexibility index (Phi) is 84.4. The van der Waals surface area contributed by atoms with Crippen LogP contribution in [0.3, 0.4) is 0 Å². The quantitative estimate of drug-likeness (QED) is 0.456. The predicted octanol–water partition coefficient (Wildman–Crippen LogP) is -0.727. The van der Waals surface area contributed by atoms with Gasteiger partial charge in [-0.1, -0.05) is 0 Å². The van der Waals surface area contributed by atoms with Crippen molar-refractivity contribution in [2.24, 2.45) is 0 Å². The second kappa shape index (κ2) is 22.4. The molecule has 0 saturated carbocycles. The monoisotopic (exact) mass is 328 g/mol. The van der Waals surface area contributed by atoms with Crippen molar-refractivity contribution in [2.45, 2.75) is 0 Å². The summed E-state index contributed by atoms with van der Waals surface area (Å²) in [6.45, 7) is 0. The molecule has 0 aromatic heterocycles. The molecule has 0 rings (SSSR count). The fraction of sp³-hybridized carbons (Fsp3) is 0. The van der Waals surface area contributed by atoms with Crippen LogP contribution in [-0.4, -0.2) is 105 Å². The average Bonchev–Trinajstić information content (AvgIpc) is 0.811. The van der Waals surface area contributed by atoms with Gasteiger partial charge in [-0.2, -0.15) is 0 Å². The van der Waals surface area contributed by atoms with Gasteiger partial charge in [-0.3, -0.25) is 0 Å². The second-order valence-corrected chi connectivity index (χ2v) is 0.283. The summed E-state index contributed by atoms with van der Waals surface area (Å²) in [5, 5.41) is 13.9. The van der Waals surface area contributed by atoms with Gasteiger partial charge >= 0.3 is 95.3 Å². The summed E-state index contributed by atoms with van der Waals surface area (Å²) >= 11 is 0. The van der Waals surface area contributed by atoms with Gasteiger partial charge in [0.2, 0.25) is 0 Å². The molecule has 0 unspecified atom stereocenters. The molecular weight excluding hydrogens is 322 g/mol. The number of rotatable bonds is 0. The molecular formula is CH6CaFeIKO3. The van der Waals surface area contributed by atoms with E-state index >= 15 is 0 Å². The molecule has 0 atom stereocenters. The van der Waals surface area contributed by atoms with Crippen LogP contribution in [-0.2, 0) is 17.1 Å². The molecule has 0 spiro atoms. The number of hydrogen-bond donors (Lipinski definition) is 2. The van der Waals surface area contributed by atoms with Crippen LogP contribution >= 0.6 is 24.0 Å². The van der Waals surface area contributed by atoms with Crippen molar-refractivity contribution in [3.63, 3.8) is 0 Å². The summed E-state index contributed by atoms with van der Waals surface area (Å²) in [4.78, 5) is 8.56. The van der Waals surface area contributed by atoms with E-state index in [2.05, 4.69) is 0 Å². The molecule has 3 nitrogen and oxygen atoms in total. The van der Waals surface area contributed by atoms with E-state index in [9.17, 15) is 0 Å². The molecule has 46 valence electrons. The molecule has 0 radical (unpaired) electrons. The summed E-state index contributed by atoms with van der Waals surface area (Å²) in [5.41, 5.74) is 0. The Labute approximate surface area is 147 Å². The molecule has 0 aromatic rings. The van der Waals surface area contributed by atoms with E-state index < -0.39 is 6.16 Å². The number of carboxylic acid groups (broad SMARTS) is 2. The third-order valence-electron chi connectivity index (χ3n) is 0. The Balaban J connectivity index is -0.00000000750. The zero-order chi connectivity index (χ0) is 3.58. The summed E-state index contributed by atoms with van der Waals surface area (Å²) in [5.74, 6) is 0. The standard InChI is InChI=1S/CH2O3.Ca.Fe.HI.K.3H/c2-1(3)4;;;;;;;/h(H2,2,3,4);;;1H;;;;. The van der Waals surface area contributed by atoms with Crippen LogP contribution < -0.4 is 0 Å². The van der Waals surface area contributed by atoms with Gasteiger partial charge in [-0.05, 0) is 0 Å². The third-order valence-corrected chi connectivity index (χ3v) is 0. The van der Waals surface area contributed by atoms with Crippen LogP contribution in [0.4, 0.5) is 4.79 Å². The molecule has 0 saturated heterocycles. The van der Waals surface area contributed by atoms with Crippen molar-refractivity contribution >= 4 is 119 Å². The second-order valence-electron chi connectivity index (χ2n) is 0.283. The summed E-state index contributed by atoms with van der Waals surface area (Å²) in [7, 11) is 0. The maximum absolute atomic E-state index is 8.56.